The summed E-state index contributed by atoms with van der Waals surface area (Å²) in [4.78, 5) is 14.3. The number of benzene rings is 2. The highest BCUT2D eigenvalue weighted by Crippen LogP contribution is 2.28. The van der Waals surface area contributed by atoms with E-state index in [2.05, 4.69) is 20.5 Å². The van der Waals surface area contributed by atoms with Gasteiger partial charge in [-0.25, -0.2) is 4.99 Å². The first-order valence-corrected chi connectivity index (χ1v) is 7.88. The fraction of sp³-hybridized carbons (Fsp3) is 0. The number of phenolic OH excluding ortho intramolecular Hbond substituents is 1. The zero-order valence-corrected chi connectivity index (χ0v) is 14.3. The van der Waals surface area contributed by atoms with Crippen molar-refractivity contribution in [2.24, 2.45) is 4.99 Å². The second kappa shape index (κ2) is 7.55. The maximum absolute atomic E-state index is 10.9. The summed E-state index contributed by atoms with van der Waals surface area (Å²) in [5.41, 5.74) is 0.809. The van der Waals surface area contributed by atoms with E-state index in [9.17, 15) is 20.5 Å². The van der Waals surface area contributed by atoms with Crippen molar-refractivity contribution >= 4 is 40.8 Å². The van der Waals surface area contributed by atoms with E-state index in [-0.39, 0.29) is 11.4 Å². The van der Waals surface area contributed by atoms with Crippen LogP contribution in [0.3, 0.4) is 0 Å². The summed E-state index contributed by atoms with van der Waals surface area (Å²) in [6.45, 7) is 0. The van der Waals surface area contributed by atoms with Crippen LogP contribution < -0.4 is 5.32 Å². The maximum Gasteiger partial charge on any atom is 0.311 e. The van der Waals surface area contributed by atoms with Gasteiger partial charge >= 0.3 is 5.69 Å². The van der Waals surface area contributed by atoms with E-state index in [4.69, 9.17) is 11.6 Å². The van der Waals surface area contributed by atoms with E-state index in [1.54, 1.807) is 24.3 Å². The molecule has 0 aliphatic carbocycles. The van der Waals surface area contributed by atoms with Crippen molar-refractivity contribution in [2.75, 3.05) is 5.32 Å². The molecule has 1 aromatic heterocycles. The predicted molar refractivity (Wildman–Crippen MR) is 100 cm³/mol. The number of hydrogen-bond acceptors (Lipinski definition) is 7. The average molecular weight is 383 g/mol. The molecule has 0 saturated heterocycles. The SMILES string of the molecule is N#Cc1c(N=Cc2ccc(O)c([N+](=O)[O-])c2)n[nH]c1Nc1ccc(Cl)cc1. The third-order valence-corrected chi connectivity index (χ3v) is 3.76. The molecule has 3 rings (SSSR count). The van der Waals surface area contributed by atoms with Gasteiger partial charge in [0, 0.05) is 23.0 Å². The van der Waals surface area contributed by atoms with Crippen LogP contribution in [0.15, 0.2) is 47.5 Å². The molecule has 0 amide bonds. The molecule has 0 aliphatic rings. The number of aromatic hydroxyl groups is 1. The van der Waals surface area contributed by atoms with Crippen molar-refractivity contribution < 1.29 is 10.0 Å². The molecule has 0 saturated carbocycles. The van der Waals surface area contributed by atoms with E-state index in [0.29, 0.717) is 22.1 Å². The van der Waals surface area contributed by atoms with Crippen molar-refractivity contribution in [3.05, 3.63) is 68.7 Å². The fourth-order valence-corrected chi connectivity index (χ4v) is 2.33. The smallest absolute Gasteiger partial charge is 0.311 e. The number of nitrogens with zero attached hydrogens (tertiary/aromatic N) is 4. The number of nitro benzene ring substituents is 1. The molecule has 10 heteroatoms. The summed E-state index contributed by atoms with van der Waals surface area (Å²) < 4.78 is 0. The molecule has 2 aromatic carbocycles. The molecular weight excluding hydrogens is 372 g/mol. The molecule has 3 N–H and O–H groups in total. The van der Waals surface area contributed by atoms with E-state index >= 15 is 0 Å². The topological polar surface area (TPSA) is 140 Å². The third-order valence-electron chi connectivity index (χ3n) is 3.50. The molecule has 0 radical (unpaired) electrons. The van der Waals surface area contributed by atoms with Gasteiger partial charge in [0.05, 0.1) is 4.92 Å². The van der Waals surface area contributed by atoms with Crippen LogP contribution >= 0.6 is 11.6 Å². The number of halogens is 1. The predicted octanol–water partition coefficient (Wildman–Crippen LogP) is 4.04. The number of aliphatic imine (C=N–C) groups is 1. The highest BCUT2D eigenvalue weighted by molar-refractivity contribution is 6.30. The number of aromatic amines is 1. The lowest BCUT2D eigenvalue weighted by atomic mass is 10.2. The number of aromatic nitrogens is 2. The van der Waals surface area contributed by atoms with E-state index < -0.39 is 16.4 Å². The first-order chi connectivity index (χ1) is 13.0. The van der Waals surface area contributed by atoms with Crippen molar-refractivity contribution in [2.45, 2.75) is 0 Å². The summed E-state index contributed by atoms with van der Waals surface area (Å²) in [5.74, 6) is 0.0254. The second-order valence-corrected chi connectivity index (χ2v) is 5.74. The molecule has 0 bridgehead atoms. The quantitative estimate of drug-likeness (QED) is 0.345. The van der Waals surface area contributed by atoms with Crippen LogP contribution in [0.2, 0.25) is 5.02 Å². The Morgan fingerprint density at radius 3 is 2.74 bits per heavy atom. The first-order valence-electron chi connectivity index (χ1n) is 7.50. The van der Waals surface area contributed by atoms with Crippen LogP contribution in [0.5, 0.6) is 5.75 Å². The molecule has 0 atom stereocenters. The van der Waals surface area contributed by atoms with Gasteiger partial charge in [-0.3, -0.25) is 15.2 Å². The number of phenols is 1. The second-order valence-electron chi connectivity index (χ2n) is 5.30. The van der Waals surface area contributed by atoms with E-state index in [0.717, 1.165) is 0 Å². The summed E-state index contributed by atoms with van der Waals surface area (Å²) in [7, 11) is 0. The van der Waals surface area contributed by atoms with Crippen molar-refractivity contribution in [1.82, 2.24) is 10.2 Å². The van der Waals surface area contributed by atoms with Gasteiger partial charge in [-0.1, -0.05) is 11.6 Å². The molecule has 3 aromatic rings. The van der Waals surface area contributed by atoms with Crippen molar-refractivity contribution in [3.8, 4) is 11.8 Å². The van der Waals surface area contributed by atoms with Gasteiger partial charge in [0.2, 0.25) is 0 Å². The Bertz CT molecular complexity index is 1070. The van der Waals surface area contributed by atoms with Crippen molar-refractivity contribution in [1.29, 1.82) is 5.26 Å². The number of rotatable bonds is 5. The molecule has 0 spiro atoms. The Hall–Kier alpha value is -3.90. The zero-order valence-electron chi connectivity index (χ0n) is 13.5. The number of hydrogen-bond donors (Lipinski definition) is 3. The van der Waals surface area contributed by atoms with E-state index in [1.807, 2.05) is 6.07 Å². The van der Waals surface area contributed by atoms with Gasteiger partial charge in [-0.2, -0.15) is 10.4 Å². The number of H-pyrrole nitrogens is 1. The minimum Gasteiger partial charge on any atom is -0.502 e. The molecule has 0 fully saturated rings. The lowest BCUT2D eigenvalue weighted by Crippen LogP contribution is -1.92. The summed E-state index contributed by atoms with van der Waals surface area (Å²) in [5, 5.41) is 40.0. The highest BCUT2D eigenvalue weighted by Gasteiger charge is 2.14. The highest BCUT2D eigenvalue weighted by atomic mass is 35.5. The fourth-order valence-electron chi connectivity index (χ4n) is 2.20. The number of nitriles is 1. The molecule has 0 aliphatic heterocycles. The Balaban J connectivity index is 1.86. The van der Waals surface area contributed by atoms with Crippen LogP contribution in [0.25, 0.3) is 0 Å². The van der Waals surface area contributed by atoms with Gasteiger partial charge in [0.1, 0.15) is 17.5 Å². The molecule has 134 valence electrons. The minimum absolute atomic E-state index is 0.115. The number of nitro groups is 1. The Labute approximate surface area is 157 Å². The summed E-state index contributed by atoms with van der Waals surface area (Å²) in [6.07, 6.45) is 1.32. The lowest BCUT2D eigenvalue weighted by Gasteiger charge is -2.03. The first kappa shape index (κ1) is 17.9. The number of nitrogens with one attached hydrogen (secondary N) is 2. The van der Waals surface area contributed by atoms with Crippen molar-refractivity contribution in [3.63, 3.8) is 0 Å². The van der Waals surface area contributed by atoms with Crippen LogP contribution in [-0.4, -0.2) is 26.4 Å². The summed E-state index contributed by atoms with van der Waals surface area (Å²) in [6, 6.07) is 12.7. The maximum atomic E-state index is 10.9. The number of anilines is 2. The van der Waals surface area contributed by atoms with Gasteiger partial charge < -0.3 is 10.4 Å². The third kappa shape index (κ3) is 4.02. The Morgan fingerprint density at radius 2 is 2.07 bits per heavy atom. The largest absolute Gasteiger partial charge is 0.502 e. The van der Waals surface area contributed by atoms with Gasteiger partial charge in [0.15, 0.2) is 11.6 Å². The van der Waals surface area contributed by atoms with Gasteiger partial charge in [-0.15, -0.1) is 0 Å². The standard InChI is InChI=1S/C17H11ClN6O3/c18-11-2-4-12(5-3-11)21-17-13(8-19)16(22-23-17)20-9-10-1-6-15(25)14(7-10)24(26)27/h1-7,9,25H,(H2,21,22,23). The molecule has 0 unspecified atom stereocenters. The monoisotopic (exact) mass is 382 g/mol. The molecule has 27 heavy (non-hydrogen) atoms. The normalized spacial score (nSPS) is 10.7. The molecule has 9 nitrogen and oxygen atoms in total. The van der Waals surface area contributed by atoms with E-state index in [1.165, 1.54) is 24.4 Å². The zero-order chi connectivity index (χ0) is 19.4. The molecule has 1 heterocycles. The molecular formula is C17H11ClN6O3. The average Bonchev–Trinajstić information content (AvgIpc) is 3.04. The van der Waals surface area contributed by atoms with Crippen LogP contribution in [0.1, 0.15) is 11.1 Å². The Kier molecular flexibility index (Phi) is 5.01. The Morgan fingerprint density at radius 1 is 1.33 bits per heavy atom. The van der Waals surface area contributed by atoms with Gasteiger partial charge in [-0.05, 0) is 42.0 Å². The van der Waals surface area contributed by atoms with Crippen LogP contribution in [0, 0.1) is 21.4 Å². The summed E-state index contributed by atoms with van der Waals surface area (Å²) >= 11 is 5.84. The van der Waals surface area contributed by atoms with Gasteiger partial charge in [0.25, 0.3) is 0 Å². The lowest BCUT2D eigenvalue weighted by molar-refractivity contribution is -0.385. The van der Waals surface area contributed by atoms with Crippen LogP contribution in [-0.2, 0) is 0 Å². The van der Waals surface area contributed by atoms with Crippen LogP contribution in [0.4, 0.5) is 23.0 Å². The minimum atomic E-state index is -0.698.